The van der Waals surface area contributed by atoms with Gasteiger partial charge in [0.2, 0.25) is 0 Å². The lowest BCUT2D eigenvalue weighted by molar-refractivity contribution is 0.913. The molecular formula is C19H16N2. The zero-order valence-electron chi connectivity index (χ0n) is 12.0. The molecule has 0 atom stereocenters. The number of aromatic nitrogens is 2. The molecule has 0 saturated carbocycles. The van der Waals surface area contributed by atoms with Gasteiger partial charge in [0.05, 0.1) is 17.1 Å². The second kappa shape index (κ2) is 4.81. The zero-order valence-corrected chi connectivity index (χ0v) is 12.0. The molecule has 0 fully saturated rings. The van der Waals surface area contributed by atoms with Crippen LogP contribution < -0.4 is 0 Å². The molecule has 0 saturated heterocycles. The molecule has 3 aromatic rings. The molecule has 102 valence electrons. The first-order valence-electron chi connectivity index (χ1n) is 7.32. The third-order valence-corrected chi connectivity index (χ3v) is 4.11. The third kappa shape index (κ3) is 2.13. The highest BCUT2D eigenvalue weighted by Gasteiger charge is 2.18. The summed E-state index contributed by atoms with van der Waals surface area (Å²) in [6, 6.07) is 17.0. The molecule has 2 aromatic heterocycles. The lowest BCUT2D eigenvalue weighted by Gasteiger charge is -2.18. The largest absolute Gasteiger partial charge is 0.254 e. The van der Waals surface area contributed by atoms with E-state index in [0.29, 0.717) is 0 Å². The van der Waals surface area contributed by atoms with Gasteiger partial charge in [0.25, 0.3) is 0 Å². The molecular weight excluding hydrogens is 256 g/mol. The number of pyridine rings is 2. The van der Waals surface area contributed by atoms with Crippen molar-refractivity contribution in [1.82, 2.24) is 9.97 Å². The van der Waals surface area contributed by atoms with Crippen molar-refractivity contribution in [3.8, 4) is 22.6 Å². The van der Waals surface area contributed by atoms with E-state index < -0.39 is 0 Å². The first kappa shape index (κ1) is 12.3. The van der Waals surface area contributed by atoms with Crippen LogP contribution >= 0.6 is 0 Å². The van der Waals surface area contributed by atoms with E-state index in [-0.39, 0.29) is 0 Å². The average Bonchev–Trinajstić information content (AvgIpc) is 2.55. The molecule has 2 heterocycles. The smallest absolute Gasteiger partial charge is 0.0928 e. The minimum Gasteiger partial charge on any atom is -0.254 e. The van der Waals surface area contributed by atoms with Crippen molar-refractivity contribution >= 4 is 0 Å². The van der Waals surface area contributed by atoms with Crippen molar-refractivity contribution in [2.75, 3.05) is 0 Å². The fourth-order valence-corrected chi connectivity index (χ4v) is 2.90. The van der Waals surface area contributed by atoms with Crippen molar-refractivity contribution in [2.45, 2.75) is 19.8 Å². The van der Waals surface area contributed by atoms with E-state index in [1.165, 1.54) is 16.7 Å². The summed E-state index contributed by atoms with van der Waals surface area (Å²) < 4.78 is 0. The Kier molecular flexibility index (Phi) is 2.81. The van der Waals surface area contributed by atoms with E-state index in [4.69, 9.17) is 4.98 Å². The predicted molar refractivity (Wildman–Crippen MR) is 85.0 cm³/mol. The maximum Gasteiger partial charge on any atom is 0.0928 e. The van der Waals surface area contributed by atoms with Crippen molar-refractivity contribution in [1.29, 1.82) is 0 Å². The summed E-state index contributed by atoms with van der Waals surface area (Å²) in [6.07, 6.45) is 3.96. The van der Waals surface area contributed by atoms with Crippen LogP contribution in [-0.4, -0.2) is 9.97 Å². The Balaban J connectivity index is 1.86. The summed E-state index contributed by atoms with van der Waals surface area (Å²) in [5.74, 6) is 0. The fourth-order valence-electron chi connectivity index (χ4n) is 2.90. The van der Waals surface area contributed by atoms with E-state index in [1.807, 2.05) is 12.3 Å². The Morgan fingerprint density at radius 3 is 2.38 bits per heavy atom. The molecule has 0 N–H and O–H groups in total. The number of hydrogen-bond donors (Lipinski definition) is 0. The second-order valence-electron chi connectivity index (χ2n) is 5.58. The predicted octanol–water partition coefficient (Wildman–Crippen LogP) is 4.22. The number of fused-ring (bicyclic) bond motifs is 3. The molecule has 0 amide bonds. The lowest BCUT2D eigenvalue weighted by atomic mass is 9.92. The summed E-state index contributed by atoms with van der Waals surface area (Å²) in [5.41, 5.74) is 8.15. The monoisotopic (exact) mass is 272 g/mol. The molecule has 0 radical (unpaired) electrons. The van der Waals surface area contributed by atoms with Crippen LogP contribution in [0.15, 0.2) is 54.7 Å². The molecule has 1 aromatic carbocycles. The Morgan fingerprint density at radius 1 is 0.810 bits per heavy atom. The minimum absolute atomic E-state index is 1.02. The van der Waals surface area contributed by atoms with Crippen LogP contribution in [0.4, 0.5) is 0 Å². The summed E-state index contributed by atoms with van der Waals surface area (Å²) in [5, 5.41) is 0. The lowest BCUT2D eigenvalue weighted by Crippen LogP contribution is -2.07. The van der Waals surface area contributed by atoms with Crippen LogP contribution in [-0.2, 0) is 12.8 Å². The van der Waals surface area contributed by atoms with Gasteiger partial charge >= 0.3 is 0 Å². The number of aryl methyl sites for hydroxylation is 3. The van der Waals surface area contributed by atoms with Gasteiger partial charge in [-0.15, -0.1) is 0 Å². The first-order valence-corrected chi connectivity index (χ1v) is 7.32. The van der Waals surface area contributed by atoms with Gasteiger partial charge < -0.3 is 0 Å². The molecule has 0 bridgehead atoms. The van der Waals surface area contributed by atoms with Gasteiger partial charge in [0, 0.05) is 11.8 Å². The van der Waals surface area contributed by atoms with Crippen molar-refractivity contribution in [2.24, 2.45) is 0 Å². The number of benzene rings is 1. The Morgan fingerprint density at radius 2 is 1.57 bits per heavy atom. The van der Waals surface area contributed by atoms with Crippen LogP contribution in [0.25, 0.3) is 22.6 Å². The number of hydrogen-bond acceptors (Lipinski definition) is 2. The normalized spacial score (nSPS) is 12.6. The molecule has 4 rings (SSSR count). The van der Waals surface area contributed by atoms with Crippen molar-refractivity contribution in [3.05, 3.63) is 71.4 Å². The minimum atomic E-state index is 1.02. The standard InChI is InChI=1S/C19H16N2/c1-13-4-6-14(7-5-13)17-11-10-16-9-8-15-3-2-12-20-18(15)19(16)21-17/h2-7,10-12H,8-9H2,1H3. The van der Waals surface area contributed by atoms with Crippen molar-refractivity contribution in [3.63, 3.8) is 0 Å². The third-order valence-electron chi connectivity index (χ3n) is 4.11. The molecule has 1 aliphatic rings. The fraction of sp³-hybridized carbons (Fsp3) is 0.158. The molecule has 0 aliphatic heterocycles. The van der Waals surface area contributed by atoms with E-state index >= 15 is 0 Å². The second-order valence-corrected chi connectivity index (χ2v) is 5.58. The molecule has 2 heteroatoms. The van der Waals surface area contributed by atoms with Gasteiger partial charge in [0.15, 0.2) is 0 Å². The topological polar surface area (TPSA) is 25.8 Å². The van der Waals surface area contributed by atoms with Gasteiger partial charge in [-0.05, 0) is 43.0 Å². The highest BCUT2D eigenvalue weighted by atomic mass is 14.8. The van der Waals surface area contributed by atoms with Crippen LogP contribution in [0.5, 0.6) is 0 Å². The van der Waals surface area contributed by atoms with E-state index in [0.717, 1.165) is 35.5 Å². The summed E-state index contributed by atoms with van der Waals surface area (Å²) >= 11 is 0. The van der Waals surface area contributed by atoms with Crippen molar-refractivity contribution < 1.29 is 0 Å². The highest BCUT2D eigenvalue weighted by molar-refractivity contribution is 5.70. The summed E-state index contributed by atoms with van der Waals surface area (Å²) in [4.78, 5) is 9.44. The van der Waals surface area contributed by atoms with Crippen LogP contribution in [0.3, 0.4) is 0 Å². The van der Waals surface area contributed by atoms with Gasteiger partial charge in [-0.1, -0.05) is 42.0 Å². The molecule has 0 unspecified atom stereocenters. The van der Waals surface area contributed by atoms with Crippen LogP contribution in [0, 0.1) is 6.92 Å². The van der Waals surface area contributed by atoms with Gasteiger partial charge in [-0.3, -0.25) is 4.98 Å². The summed E-state index contributed by atoms with van der Waals surface area (Å²) in [7, 11) is 0. The average molecular weight is 272 g/mol. The Bertz CT molecular complexity index is 804. The van der Waals surface area contributed by atoms with Crippen LogP contribution in [0.1, 0.15) is 16.7 Å². The Hall–Kier alpha value is -2.48. The molecule has 0 spiro atoms. The molecule has 1 aliphatic carbocycles. The zero-order chi connectivity index (χ0) is 14.2. The maximum absolute atomic E-state index is 4.89. The molecule has 2 nitrogen and oxygen atoms in total. The SMILES string of the molecule is Cc1ccc(-c2ccc3c(n2)-c2ncccc2CC3)cc1. The van der Waals surface area contributed by atoms with Gasteiger partial charge in [-0.2, -0.15) is 0 Å². The molecule has 21 heavy (non-hydrogen) atoms. The quantitative estimate of drug-likeness (QED) is 0.663. The number of rotatable bonds is 1. The van der Waals surface area contributed by atoms with E-state index in [2.05, 4.69) is 54.4 Å². The van der Waals surface area contributed by atoms with E-state index in [1.54, 1.807) is 0 Å². The first-order chi connectivity index (χ1) is 10.3. The van der Waals surface area contributed by atoms with Gasteiger partial charge in [0.1, 0.15) is 0 Å². The number of nitrogens with zero attached hydrogens (tertiary/aromatic N) is 2. The maximum atomic E-state index is 4.89. The highest BCUT2D eigenvalue weighted by Crippen LogP contribution is 2.32. The summed E-state index contributed by atoms with van der Waals surface area (Å²) in [6.45, 7) is 2.10. The van der Waals surface area contributed by atoms with Gasteiger partial charge in [-0.25, -0.2) is 4.98 Å². The Labute approximate surface area is 124 Å². The van der Waals surface area contributed by atoms with E-state index in [9.17, 15) is 0 Å². The van der Waals surface area contributed by atoms with Crippen LogP contribution in [0.2, 0.25) is 0 Å².